The van der Waals surface area contributed by atoms with Crippen LogP contribution in [0.5, 0.6) is 0 Å². The van der Waals surface area contributed by atoms with E-state index in [1.807, 2.05) is 12.1 Å². The summed E-state index contributed by atoms with van der Waals surface area (Å²) in [5.74, 6) is 0. The number of anilines is 3. The number of nitrogens with zero attached hydrogens (tertiary/aromatic N) is 1. The summed E-state index contributed by atoms with van der Waals surface area (Å²) < 4.78 is 13.3. The van der Waals surface area contributed by atoms with Gasteiger partial charge in [0.2, 0.25) is 0 Å². The Labute approximate surface area is 329 Å². The van der Waals surface area contributed by atoms with Crippen LogP contribution in [-0.2, 0) is 16.2 Å². The average Bonchev–Trinajstić information content (AvgIpc) is 3.81. The molecule has 276 valence electrons. The lowest BCUT2D eigenvalue weighted by atomic mass is 9.77. The molecule has 0 fully saturated rings. The highest BCUT2D eigenvalue weighted by molar-refractivity contribution is 6.12. The van der Waals surface area contributed by atoms with Gasteiger partial charge in [0.05, 0.1) is 0 Å². The summed E-state index contributed by atoms with van der Waals surface area (Å²) in [7, 11) is 0. The van der Waals surface area contributed by atoms with Gasteiger partial charge in [-0.2, -0.15) is 0 Å². The van der Waals surface area contributed by atoms with Crippen LogP contribution < -0.4 is 4.90 Å². The lowest BCUT2D eigenvalue weighted by Gasteiger charge is -2.28. The summed E-state index contributed by atoms with van der Waals surface area (Å²) in [6.07, 6.45) is 0. The highest BCUT2D eigenvalue weighted by Gasteiger charge is 2.39. The van der Waals surface area contributed by atoms with Gasteiger partial charge in [-0.25, -0.2) is 0 Å². The second-order valence-corrected chi connectivity index (χ2v) is 18.2. The number of para-hydroxylation sites is 1. The highest BCUT2D eigenvalue weighted by atomic mass is 16.3. The van der Waals surface area contributed by atoms with Crippen LogP contribution in [0.25, 0.3) is 66.1 Å². The van der Waals surface area contributed by atoms with Crippen molar-refractivity contribution in [2.24, 2.45) is 0 Å². The van der Waals surface area contributed by atoms with Gasteiger partial charge in [0.25, 0.3) is 0 Å². The summed E-state index contributed by atoms with van der Waals surface area (Å²) in [5, 5.41) is 4.71. The number of furan rings is 2. The zero-order chi connectivity index (χ0) is 38.7. The standard InChI is InChI=1S/C53H47NO2/c1-51(2,3)34-28-42-48-46(56-50(42)44(29-34)52(4,5)6)27-26-41-38-24-22-36(30-43(38)53(7,8)49(41)48)54(35-20-18-33(19-21-35)32-14-10-9-11-15-32)37-23-25-40-39-16-12-13-17-45(39)55-47(40)31-37/h9-31H,1-8H3. The third-order valence-electron chi connectivity index (χ3n) is 12.1. The van der Waals surface area contributed by atoms with Crippen molar-refractivity contribution in [2.45, 2.75) is 71.6 Å². The van der Waals surface area contributed by atoms with E-state index in [-0.39, 0.29) is 16.2 Å². The first-order chi connectivity index (χ1) is 26.8. The Bertz CT molecular complexity index is 3000. The molecule has 0 radical (unpaired) electrons. The van der Waals surface area contributed by atoms with Crippen LogP contribution in [0.4, 0.5) is 17.1 Å². The van der Waals surface area contributed by atoms with E-state index in [0.717, 1.165) is 50.2 Å². The SMILES string of the molecule is CC(C)(C)c1cc(C(C)(C)C)c2oc3ccc4c(c3c2c1)C(C)(C)c1cc(N(c2ccc(-c3ccccc3)cc2)c2ccc3c(c2)oc2ccccc23)ccc1-4. The summed E-state index contributed by atoms with van der Waals surface area (Å²) in [6.45, 7) is 18.6. The molecule has 1 aliphatic rings. The molecule has 0 saturated heterocycles. The Morgan fingerprint density at radius 3 is 1.88 bits per heavy atom. The third-order valence-corrected chi connectivity index (χ3v) is 12.1. The largest absolute Gasteiger partial charge is 0.456 e. The van der Waals surface area contributed by atoms with Crippen molar-refractivity contribution >= 4 is 60.9 Å². The Balaban J connectivity index is 1.16. The zero-order valence-electron chi connectivity index (χ0n) is 33.5. The van der Waals surface area contributed by atoms with Crippen molar-refractivity contribution in [3.8, 4) is 22.3 Å². The Morgan fingerprint density at radius 2 is 1.12 bits per heavy atom. The fourth-order valence-electron chi connectivity index (χ4n) is 9.13. The number of rotatable bonds is 4. The Kier molecular flexibility index (Phi) is 7.36. The molecule has 0 aliphatic heterocycles. The van der Waals surface area contributed by atoms with Gasteiger partial charge in [0, 0.05) is 55.7 Å². The van der Waals surface area contributed by atoms with Crippen molar-refractivity contribution in [3.05, 3.63) is 162 Å². The number of hydrogen-bond acceptors (Lipinski definition) is 3. The molecule has 0 atom stereocenters. The lowest BCUT2D eigenvalue weighted by Crippen LogP contribution is -2.17. The van der Waals surface area contributed by atoms with Crippen molar-refractivity contribution in [2.75, 3.05) is 4.90 Å². The molecule has 0 unspecified atom stereocenters. The van der Waals surface area contributed by atoms with Crippen LogP contribution in [0.2, 0.25) is 0 Å². The molecule has 1 aliphatic carbocycles. The zero-order valence-corrected chi connectivity index (χ0v) is 33.5. The summed E-state index contributed by atoms with van der Waals surface area (Å²) >= 11 is 0. The molecule has 56 heavy (non-hydrogen) atoms. The second kappa shape index (κ2) is 12.0. The Hall–Kier alpha value is -6.06. The lowest BCUT2D eigenvalue weighted by molar-refractivity contribution is 0.559. The van der Waals surface area contributed by atoms with Crippen LogP contribution in [0.15, 0.2) is 148 Å². The molecule has 2 aromatic heterocycles. The summed E-state index contributed by atoms with van der Waals surface area (Å²) in [6, 6.07) is 50.7. The van der Waals surface area contributed by atoms with Crippen LogP contribution in [0.3, 0.4) is 0 Å². The predicted octanol–water partition coefficient (Wildman–Crippen LogP) is 15.5. The maximum atomic E-state index is 6.85. The van der Waals surface area contributed by atoms with Gasteiger partial charge in [-0.3, -0.25) is 0 Å². The summed E-state index contributed by atoms with van der Waals surface area (Å²) in [4.78, 5) is 2.37. The topological polar surface area (TPSA) is 29.5 Å². The third kappa shape index (κ3) is 5.24. The monoisotopic (exact) mass is 729 g/mol. The fraction of sp³-hybridized carbons (Fsp3) is 0.208. The van der Waals surface area contributed by atoms with E-state index in [9.17, 15) is 0 Å². The number of hydrogen-bond donors (Lipinski definition) is 0. The molecule has 0 saturated carbocycles. The first kappa shape index (κ1) is 34.4. The van der Waals surface area contributed by atoms with Crippen LogP contribution in [-0.4, -0.2) is 0 Å². The van der Waals surface area contributed by atoms with E-state index in [4.69, 9.17) is 8.83 Å². The van der Waals surface area contributed by atoms with E-state index in [2.05, 4.69) is 188 Å². The molecule has 9 aromatic rings. The smallest absolute Gasteiger partial charge is 0.139 e. The normalized spacial score (nSPS) is 13.9. The molecule has 0 N–H and O–H groups in total. The minimum atomic E-state index is -0.290. The maximum Gasteiger partial charge on any atom is 0.139 e. The molecule has 3 nitrogen and oxygen atoms in total. The molecular formula is C53H47NO2. The molecule has 2 heterocycles. The summed E-state index contributed by atoms with van der Waals surface area (Å²) in [5.41, 5.74) is 16.8. The van der Waals surface area contributed by atoms with Gasteiger partial charge in [-0.1, -0.05) is 134 Å². The molecule has 3 heteroatoms. The van der Waals surface area contributed by atoms with E-state index >= 15 is 0 Å². The van der Waals surface area contributed by atoms with Crippen molar-refractivity contribution in [1.29, 1.82) is 0 Å². The van der Waals surface area contributed by atoms with E-state index in [1.165, 1.54) is 55.3 Å². The molecule has 0 spiro atoms. The molecule has 7 aromatic carbocycles. The average molecular weight is 730 g/mol. The molecule has 0 bridgehead atoms. The van der Waals surface area contributed by atoms with E-state index < -0.39 is 0 Å². The van der Waals surface area contributed by atoms with Gasteiger partial charge in [-0.05, 0) is 104 Å². The predicted molar refractivity (Wildman–Crippen MR) is 236 cm³/mol. The molecule has 10 rings (SSSR count). The van der Waals surface area contributed by atoms with Crippen LogP contribution in [0.1, 0.15) is 77.6 Å². The van der Waals surface area contributed by atoms with Gasteiger partial charge in [0.15, 0.2) is 0 Å². The molecular weight excluding hydrogens is 683 g/mol. The van der Waals surface area contributed by atoms with Crippen molar-refractivity contribution in [1.82, 2.24) is 0 Å². The number of benzene rings is 7. The Morgan fingerprint density at radius 1 is 0.482 bits per heavy atom. The van der Waals surface area contributed by atoms with E-state index in [0.29, 0.717) is 0 Å². The van der Waals surface area contributed by atoms with E-state index in [1.54, 1.807) is 0 Å². The quantitative estimate of drug-likeness (QED) is 0.181. The van der Waals surface area contributed by atoms with Gasteiger partial charge < -0.3 is 13.7 Å². The van der Waals surface area contributed by atoms with Crippen molar-refractivity contribution in [3.63, 3.8) is 0 Å². The van der Waals surface area contributed by atoms with Crippen LogP contribution in [0, 0.1) is 0 Å². The van der Waals surface area contributed by atoms with Crippen molar-refractivity contribution < 1.29 is 8.83 Å². The minimum absolute atomic E-state index is 0.00272. The first-order valence-corrected chi connectivity index (χ1v) is 19.8. The van der Waals surface area contributed by atoms with Gasteiger partial charge >= 0.3 is 0 Å². The molecule has 0 amide bonds. The van der Waals surface area contributed by atoms with Crippen LogP contribution >= 0.6 is 0 Å². The minimum Gasteiger partial charge on any atom is -0.456 e. The maximum absolute atomic E-state index is 6.85. The highest BCUT2D eigenvalue weighted by Crippen LogP contribution is 2.55. The van der Waals surface area contributed by atoms with Gasteiger partial charge in [-0.15, -0.1) is 0 Å². The first-order valence-electron chi connectivity index (χ1n) is 19.8. The number of fused-ring (bicyclic) bond motifs is 10. The second-order valence-electron chi connectivity index (χ2n) is 18.2. The van der Waals surface area contributed by atoms with Gasteiger partial charge in [0.1, 0.15) is 22.3 Å². The fourth-order valence-corrected chi connectivity index (χ4v) is 9.13.